The van der Waals surface area contributed by atoms with Gasteiger partial charge in [-0.2, -0.15) is 0 Å². The minimum Gasteiger partial charge on any atom is -0.299 e. The van der Waals surface area contributed by atoms with Crippen LogP contribution in [0, 0.1) is 12.8 Å². The fraction of sp³-hybridized carbons (Fsp3) is 0.500. The van der Waals surface area contributed by atoms with E-state index in [0.717, 1.165) is 12.8 Å². The maximum atomic E-state index is 11.9. The van der Waals surface area contributed by atoms with Crippen LogP contribution in [0.4, 0.5) is 0 Å². The molecule has 1 aliphatic rings. The summed E-state index contributed by atoms with van der Waals surface area (Å²) in [7, 11) is 0. The van der Waals surface area contributed by atoms with Crippen molar-refractivity contribution in [1.29, 1.82) is 0 Å². The Morgan fingerprint density at radius 1 is 1.33 bits per heavy atom. The zero-order valence-electron chi connectivity index (χ0n) is 9.49. The molecule has 1 fully saturated rings. The number of hydrogen-bond acceptors (Lipinski definition) is 1. The van der Waals surface area contributed by atoms with Crippen molar-refractivity contribution in [2.75, 3.05) is 0 Å². The second-order valence-electron chi connectivity index (χ2n) is 4.73. The molecule has 0 amide bonds. The number of hydrogen-bond donors (Lipinski definition) is 0. The molecule has 0 spiro atoms. The predicted molar refractivity (Wildman–Crippen MR) is 61.9 cm³/mol. The van der Waals surface area contributed by atoms with Crippen LogP contribution in [-0.4, -0.2) is 5.78 Å². The van der Waals surface area contributed by atoms with E-state index in [1.807, 2.05) is 0 Å². The van der Waals surface area contributed by atoms with Crippen LogP contribution in [0.25, 0.3) is 0 Å². The van der Waals surface area contributed by atoms with E-state index in [9.17, 15) is 4.79 Å². The molecule has 1 aromatic rings. The summed E-state index contributed by atoms with van der Waals surface area (Å²) in [6.45, 7) is 4.28. The first-order chi connectivity index (χ1) is 7.18. The highest BCUT2D eigenvalue weighted by molar-refractivity contribution is 5.86. The summed E-state index contributed by atoms with van der Waals surface area (Å²) in [5.41, 5.74) is 2.46. The molecule has 0 N–H and O–H groups in total. The Bertz CT molecular complexity index is 367. The van der Waals surface area contributed by atoms with Crippen LogP contribution in [-0.2, 0) is 4.79 Å². The predicted octanol–water partition coefficient (Wildman–Crippen LogP) is 3.47. The van der Waals surface area contributed by atoms with E-state index in [1.54, 1.807) is 0 Å². The zero-order valence-corrected chi connectivity index (χ0v) is 9.49. The Morgan fingerprint density at radius 3 is 2.80 bits per heavy atom. The normalized spacial score (nSPS) is 26.7. The Morgan fingerprint density at radius 2 is 2.13 bits per heavy atom. The largest absolute Gasteiger partial charge is 0.299 e. The molecule has 1 unspecified atom stereocenters. The van der Waals surface area contributed by atoms with Gasteiger partial charge in [-0.1, -0.05) is 36.8 Å². The van der Waals surface area contributed by atoms with E-state index in [1.165, 1.54) is 17.5 Å². The van der Waals surface area contributed by atoms with Crippen molar-refractivity contribution in [2.45, 2.75) is 39.0 Å². The number of aryl methyl sites for hydroxylation is 1. The highest BCUT2D eigenvalue weighted by Crippen LogP contribution is 2.35. The van der Waals surface area contributed by atoms with Gasteiger partial charge in [0.25, 0.3) is 0 Å². The number of Topliss-reactive ketones (excluding diaryl/α,β-unsaturated/α-hetero) is 1. The highest BCUT2D eigenvalue weighted by Gasteiger charge is 2.29. The summed E-state index contributed by atoms with van der Waals surface area (Å²) in [5, 5.41) is 0. The lowest BCUT2D eigenvalue weighted by Crippen LogP contribution is -2.24. The summed E-state index contributed by atoms with van der Waals surface area (Å²) < 4.78 is 0. The van der Waals surface area contributed by atoms with Crippen LogP contribution in [0.1, 0.15) is 43.2 Å². The number of ketones is 1. The Balaban J connectivity index is 2.31. The molecular weight excluding hydrogens is 184 g/mol. The van der Waals surface area contributed by atoms with Gasteiger partial charge in [0, 0.05) is 12.3 Å². The minimum absolute atomic E-state index is 0.152. The third-order valence-corrected chi connectivity index (χ3v) is 3.40. The maximum absolute atomic E-state index is 11.9. The highest BCUT2D eigenvalue weighted by atomic mass is 16.1. The lowest BCUT2D eigenvalue weighted by molar-refractivity contribution is -0.123. The molecule has 0 saturated heterocycles. The van der Waals surface area contributed by atoms with E-state index in [2.05, 4.69) is 38.1 Å². The topological polar surface area (TPSA) is 17.1 Å². The molecule has 0 heterocycles. The van der Waals surface area contributed by atoms with Crippen molar-refractivity contribution in [1.82, 2.24) is 0 Å². The molecular formula is C14H18O. The van der Waals surface area contributed by atoms with E-state index < -0.39 is 0 Å². The summed E-state index contributed by atoms with van der Waals surface area (Å²) in [4.78, 5) is 11.9. The maximum Gasteiger partial charge on any atom is 0.140 e. The summed E-state index contributed by atoms with van der Waals surface area (Å²) in [5.74, 6) is 1.09. The molecule has 0 bridgehead atoms. The Kier molecular flexibility index (Phi) is 2.90. The van der Waals surface area contributed by atoms with Crippen molar-refractivity contribution < 1.29 is 4.79 Å². The molecule has 2 rings (SSSR count). The SMILES string of the molecule is Cc1cccc(C2C(=O)CCC[C@@H]2C)c1. The van der Waals surface area contributed by atoms with Gasteiger partial charge in [0.05, 0.1) is 0 Å². The van der Waals surface area contributed by atoms with Crippen molar-refractivity contribution in [2.24, 2.45) is 5.92 Å². The third-order valence-electron chi connectivity index (χ3n) is 3.40. The van der Waals surface area contributed by atoms with Gasteiger partial charge in [0.15, 0.2) is 0 Å². The summed E-state index contributed by atoms with van der Waals surface area (Å²) >= 11 is 0. The minimum atomic E-state index is 0.152. The van der Waals surface area contributed by atoms with Gasteiger partial charge in [-0.25, -0.2) is 0 Å². The molecule has 1 aliphatic carbocycles. The van der Waals surface area contributed by atoms with Crippen LogP contribution in [0.5, 0.6) is 0 Å². The fourth-order valence-electron chi connectivity index (χ4n) is 2.62. The summed E-state index contributed by atoms with van der Waals surface area (Å²) in [6, 6.07) is 8.39. The number of carbonyl (C=O) groups is 1. The molecule has 0 radical (unpaired) electrons. The van der Waals surface area contributed by atoms with Crippen LogP contribution in [0.3, 0.4) is 0 Å². The fourth-order valence-corrected chi connectivity index (χ4v) is 2.62. The van der Waals surface area contributed by atoms with Gasteiger partial charge in [0.1, 0.15) is 5.78 Å². The van der Waals surface area contributed by atoms with Crippen LogP contribution in [0.15, 0.2) is 24.3 Å². The second-order valence-corrected chi connectivity index (χ2v) is 4.73. The lowest BCUT2D eigenvalue weighted by atomic mass is 9.75. The van der Waals surface area contributed by atoms with Crippen LogP contribution < -0.4 is 0 Å². The molecule has 2 atom stereocenters. The number of carbonyl (C=O) groups excluding carboxylic acids is 1. The molecule has 0 aromatic heterocycles. The number of benzene rings is 1. The van der Waals surface area contributed by atoms with E-state index >= 15 is 0 Å². The van der Waals surface area contributed by atoms with Gasteiger partial charge in [0.2, 0.25) is 0 Å². The number of rotatable bonds is 1. The molecule has 80 valence electrons. The van der Waals surface area contributed by atoms with Gasteiger partial charge < -0.3 is 0 Å². The van der Waals surface area contributed by atoms with Gasteiger partial charge in [-0.15, -0.1) is 0 Å². The first-order valence-electron chi connectivity index (χ1n) is 5.78. The van der Waals surface area contributed by atoms with Crippen molar-refractivity contribution >= 4 is 5.78 Å². The van der Waals surface area contributed by atoms with Crippen LogP contribution in [0.2, 0.25) is 0 Å². The molecule has 15 heavy (non-hydrogen) atoms. The van der Waals surface area contributed by atoms with Gasteiger partial charge in [-0.3, -0.25) is 4.79 Å². The molecule has 1 aromatic carbocycles. The third kappa shape index (κ3) is 2.11. The second kappa shape index (κ2) is 4.18. The Hall–Kier alpha value is -1.11. The Labute approximate surface area is 91.5 Å². The first kappa shape index (κ1) is 10.4. The van der Waals surface area contributed by atoms with Gasteiger partial charge >= 0.3 is 0 Å². The average Bonchev–Trinajstić information content (AvgIpc) is 2.17. The molecule has 1 heteroatoms. The monoisotopic (exact) mass is 202 g/mol. The molecule has 1 saturated carbocycles. The van der Waals surface area contributed by atoms with Crippen molar-refractivity contribution in [3.63, 3.8) is 0 Å². The lowest BCUT2D eigenvalue weighted by Gasteiger charge is -2.28. The van der Waals surface area contributed by atoms with Crippen molar-refractivity contribution in [3.8, 4) is 0 Å². The van der Waals surface area contributed by atoms with E-state index in [4.69, 9.17) is 0 Å². The zero-order chi connectivity index (χ0) is 10.8. The summed E-state index contributed by atoms with van der Waals surface area (Å²) in [6.07, 6.45) is 3.02. The van der Waals surface area contributed by atoms with E-state index in [0.29, 0.717) is 11.7 Å². The quantitative estimate of drug-likeness (QED) is 0.681. The van der Waals surface area contributed by atoms with Crippen molar-refractivity contribution in [3.05, 3.63) is 35.4 Å². The van der Waals surface area contributed by atoms with Gasteiger partial charge in [-0.05, 0) is 31.2 Å². The average molecular weight is 202 g/mol. The smallest absolute Gasteiger partial charge is 0.140 e. The van der Waals surface area contributed by atoms with Crippen LogP contribution >= 0.6 is 0 Å². The molecule has 1 nitrogen and oxygen atoms in total. The first-order valence-corrected chi connectivity index (χ1v) is 5.78. The molecule has 0 aliphatic heterocycles. The van der Waals surface area contributed by atoms with E-state index in [-0.39, 0.29) is 5.92 Å². The standard InChI is InChI=1S/C14H18O/c1-10-5-3-7-12(9-10)14-11(2)6-4-8-13(14)15/h3,5,7,9,11,14H,4,6,8H2,1-2H3/t11-,14?/m0/s1.